The van der Waals surface area contributed by atoms with E-state index in [4.69, 9.17) is 10.1 Å². The molecule has 3 rings (SSSR count). The van der Waals surface area contributed by atoms with Crippen LogP contribution in [0.5, 0.6) is 0 Å². The Morgan fingerprint density at radius 3 is 2.75 bits per heavy atom. The topological polar surface area (TPSA) is 74.5 Å². The number of oxime groups is 1. The van der Waals surface area contributed by atoms with Crippen molar-refractivity contribution in [1.82, 2.24) is 0 Å². The normalized spacial score (nSPS) is 16.0. The highest BCUT2D eigenvalue weighted by atomic mass is 16.6. The highest BCUT2D eigenvalue weighted by Crippen LogP contribution is 2.20. The van der Waals surface area contributed by atoms with Crippen LogP contribution < -0.4 is 5.32 Å². The zero-order chi connectivity index (χ0) is 16.9. The Bertz CT molecular complexity index is 819. The standard InChI is InChI=1S/C19H17N3O2/c1-2-13-7-9-14(10-8-13)17-11-18(24-22-17)19(23)21-16-6-4-3-5-15(16)12-20/h3-10,18H,2,11H2,1H3,(H,21,23). The number of carbonyl (C=O) groups is 1. The van der Waals surface area contributed by atoms with E-state index in [2.05, 4.69) is 35.6 Å². The Morgan fingerprint density at radius 1 is 1.29 bits per heavy atom. The number of rotatable bonds is 4. The van der Waals surface area contributed by atoms with E-state index in [1.54, 1.807) is 24.3 Å². The first-order valence-corrected chi connectivity index (χ1v) is 7.83. The van der Waals surface area contributed by atoms with E-state index in [0.717, 1.165) is 17.7 Å². The van der Waals surface area contributed by atoms with E-state index in [-0.39, 0.29) is 5.91 Å². The third-order valence-corrected chi connectivity index (χ3v) is 3.96. The minimum absolute atomic E-state index is 0.304. The molecular weight excluding hydrogens is 302 g/mol. The van der Waals surface area contributed by atoms with Crippen molar-refractivity contribution in [1.29, 1.82) is 5.26 Å². The van der Waals surface area contributed by atoms with E-state index in [1.807, 2.05) is 12.1 Å². The minimum Gasteiger partial charge on any atom is -0.382 e. The maximum Gasteiger partial charge on any atom is 0.268 e. The molecule has 1 heterocycles. The predicted octanol–water partition coefficient (Wildman–Crippen LogP) is 3.25. The molecule has 0 spiro atoms. The van der Waals surface area contributed by atoms with Gasteiger partial charge in [-0.3, -0.25) is 4.79 Å². The molecule has 1 aliphatic heterocycles. The van der Waals surface area contributed by atoms with Gasteiger partial charge in [0, 0.05) is 6.42 Å². The number of hydrogen-bond donors (Lipinski definition) is 1. The van der Waals surface area contributed by atoms with Gasteiger partial charge in [0.15, 0.2) is 0 Å². The van der Waals surface area contributed by atoms with Crippen molar-refractivity contribution in [3.05, 3.63) is 65.2 Å². The number of hydrogen-bond acceptors (Lipinski definition) is 4. The second-order valence-electron chi connectivity index (χ2n) is 5.53. The summed E-state index contributed by atoms with van der Waals surface area (Å²) in [6.45, 7) is 2.10. The summed E-state index contributed by atoms with van der Waals surface area (Å²) in [5.41, 5.74) is 3.86. The molecule has 0 aliphatic carbocycles. The molecule has 1 N–H and O–H groups in total. The van der Waals surface area contributed by atoms with Gasteiger partial charge >= 0.3 is 0 Å². The van der Waals surface area contributed by atoms with Gasteiger partial charge in [-0.2, -0.15) is 5.26 Å². The quantitative estimate of drug-likeness (QED) is 0.940. The summed E-state index contributed by atoms with van der Waals surface area (Å²) in [5.74, 6) is -0.304. The number of nitrogens with zero attached hydrogens (tertiary/aromatic N) is 2. The molecule has 1 aliphatic rings. The molecule has 1 unspecified atom stereocenters. The molecule has 24 heavy (non-hydrogen) atoms. The van der Waals surface area contributed by atoms with Crippen molar-refractivity contribution < 1.29 is 9.63 Å². The molecule has 0 bridgehead atoms. The Balaban J connectivity index is 1.66. The first-order chi connectivity index (χ1) is 11.7. The molecule has 0 fully saturated rings. The van der Waals surface area contributed by atoms with Gasteiger partial charge in [-0.1, -0.05) is 48.5 Å². The van der Waals surface area contributed by atoms with Crippen molar-refractivity contribution in [3.8, 4) is 6.07 Å². The summed E-state index contributed by atoms with van der Waals surface area (Å²) in [5, 5.41) is 15.8. The summed E-state index contributed by atoms with van der Waals surface area (Å²) in [6, 6.07) is 17.0. The molecule has 1 amide bonds. The van der Waals surface area contributed by atoms with Crippen LogP contribution in [0.1, 0.15) is 30.0 Å². The number of benzene rings is 2. The van der Waals surface area contributed by atoms with Crippen LogP contribution in [0.4, 0.5) is 5.69 Å². The SMILES string of the molecule is CCc1ccc(C2=NOC(C(=O)Nc3ccccc3C#N)C2)cc1. The lowest BCUT2D eigenvalue weighted by atomic mass is 10.0. The lowest BCUT2D eigenvalue weighted by molar-refractivity contribution is -0.125. The molecule has 5 nitrogen and oxygen atoms in total. The molecule has 0 saturated carbocycles. The van der Waals surface area contributed by atoms with Crippen molar-refractivity contribution in [2.24, 2.45) is 5.16 Å². The fourth-order valence-electron chi connectivity index (χ4n) is 2.52. The number of amides is 1. The van der Waals surface area contributed by atoms with Crippen LogP contribution in [0.15, 0.2) is 53.7 Å². The highest BCUT2D eigenvalue weighted by Gasteiger charge is 2.29. The van der Waals surface area contributed by atoms with Gasteiger partial charge in [0.25, 0.3) is 5.91 Å². The maximum absolute atomic E-state index is 12.3. The first-order valence-electron chi connectivity index (χ1n) is 7.83. The zero-order valence-corrected chi connectivity index (χ0v) is 13.3. The molecule has 0 aromatic heterocycles. The van der Waals surface area contributed by atoms with E-state index >= 15 is 0 Å². The number of nitriles is 1. The fraction of sp³-hybridized carbons (Fsp3) is 0.211. The summed E-state index contributed by atoms with van der Waals surface area (Å²) in [6.07, 6.45) is 0.705. The summed E-state index contributed by atoms with van der Waals surface area (Å²) in [4.78, 5) is 17.6. The monoisotopic (exact) mass is 319 g/mol. The largest absolute Gasteiger partial charge is 0.382 e. The van der Waals surface area contributed by atoms with Crippen LogP contribution in [0.3, 0.4) is 0 Å². The van der Waals surface area contributed by atoms with Gasteiger partial charge in [-0.15, -0.1) is 0 Å². The Morgan fingerprint density at radius 2 is 2.04 bits per heavy atom. The lowest BCUT2D eigenvalue weighted by Gasteiger charge is -2.10. The van der Waals surface area contributed by atoms with E-state index < -0.39 is 6.10 Å². The number of anilines is 1. The summed E-state index contributed by atoms with van der Waals surface area (Å²) < 4.78 is 0. The Labute approximate surface area is 140 Å². The van der Waals surface area contributed by atoms with Crippen LogP contribution in [-0.4, -0.2) is 17.7 Å². The minimum atomic E-state index is -0.683. The number of carbonyl (C=O) groups excluding carboxylic acids is 1. The molecule has 120 valence electrons. The van der Waals surface area contributed by atoms with Gasteiger partial charge in [0.1, 0.15) is 6.07 Å². The van der Waals surface area contributed by atoms with Gasteiger partial charge in [0.2, 0.25) is 6.10 Å². The molecule has 1 atom stereocenters. The van der Waals surface area contributed by atoms with Crippen LogP contribution in [0.2, 0.25) is 0 Å². The van der Waals surface area contributed by atoms with E-state index in [0.29, 0.717) is 17.7 Å². The van der Waals surface area contributed by atoms with Crippen LogP contribution in [0.25, 0.3) is 0 Å². The van der Waals surface area contributed by atoms with Crippen molar-refractivity contribution in [3.63, 3.8) is 0 Å². The van der Waals surface area contributed by atoms with Crippen LogP contribution in [0, 0.1) is 11.3 Å². The average molecular weight is 319 g/mol. The fourth-order valence-corrected chi connectivity index (χ4v) is 2.52. The Hall–Kier alpha value is -3.13. The number of para-hydroxylation sites is 1. The number of nitrogens with one attached hydrogen (secondary N) is 1. The van der Waals surface area contributed by atoms with Gasteiger partial charge < -0.3 is 10.2 Å². The van der Waals surface area contributed by atoms with Gasteiger partial charge in [-0.05, 0) is 29.7 Å². The van der Waals surface area contributed by atoms with Gasteiger partial charge in [-0.25, -0.2) is 0 Å². The molecular formula is C19H17N3O2. The summed E-state index contributed by atoms with van der Waals surface area (Å²) in [7, 11) is 0. The third-order valence-electron chi connectivity index (χ3n) is 3.96. The lowest BCUT2D eigenvalue weighted by Crippen LogP contribution is -2.28. The predicted molar refractivity (Wildman–Crippen MR) is 91.6 cm³/mol. The van der Waals surface area contributed by atoms with E-state index in [9.17, 15) is 4.79 Å². The van der Waals surface area contributed by atoms with E-state index in [1.165, 1.54) is 5.56 Å². The number of aryl methyl sites for hydroxylation is 1. The average Bonchev–Trinajstić information content (AvgIpc) is 3.12. The highest BCUT2D eigenvalue weighted by molar-refractivity contribution is 6.06. The smallest absolute Gasteiger partial charge is 0.268 e. The Kier molecular flexibility index (Phi) is 4.57. The maximum atomic E-state index is 12.3. The van der Waals surface area contributed by atoms with Crippen LogP contribution in [-0.2, 0) is 16.1 Å². The molecule has 2 aromatic rings. The third kappa shape index (κ3) is 3.28. The summed E-state index contributed by atoms with van der Waals surface area (Å²) >= 11 is 0. The van der Waals surface area contributed by atoms with Crippen molar-refractivity contribution in [2.75, 3.05) is 5.32 Å². The molecule has 0 radical (unpaired) electrons. The van der Waals surface area contributed by atoms with Crippen molar-refractivity contribution >= 4 is 17.3 Å². The second kappa shape index (κ2) is 6.97. The van der Waals surface area contributed by atoms with Gasteiger partial charge in [0.05, 0.1) is 17.0 Å². The molecule has 0 saturated heterocycles. The molecule has 5 heteroatoms. The van der Waals surface area contributed by atoms with Crippen LogP contribution >= 0.6 is 0 Å². The molecule has 2 aromatic carbocycles. The first kappa shape index (κ1) is 15.8. The second-order valence-corrected chi connectivity index (χ2v) is 5.53. The zero-order valence-electron chi connectivity index (χ0n) is 13.3. The van der Waals surface area contributed by atoms with Crippen molar-refractivity contribution in [2.45, 2.75) is 25.9 Å².